The Morgan fingerprint density at radius 2 is 0.830 bits per heavy atom. The molecule has 0 spiro atoms. The average molecular weight is 687 g/mol. The van der Waals surface area contributed by atoms with E-state index in [1.54, 1.807) is 0 Å². The van der Waals surface area contributed by atoms with Crippen LogP contribution in [0.1, 0.15) is 50.6 Å². The zero-order valence-electron chi connectivity index (χ0n) is 29.9. The first-order valence-electron chi connectivity index (χ1n) is 19.3. The molecule has 4 saturated carbocycles. The smallest absolute Gasteiger partial charge is 0.164 e. The zero-order chi connectivity index (χ0) is 35.2. The Morgan fingerprint density at radius 1 is 0.358 bits per heavy atom. The van der Waals surface area contributed by atoms with Gasteiger partial charge in [-0.25, -0.2) is 15.0 Å². The predicted octanol–water partition coefficient (Wildman–Crippen LogP) is 12.1. The van der Waals surface area contributed by atoms with E-state index in [2.05, 4.69) is 91.0 Å². The number of pyridine rings is 1. The van der Waals surface area contributed by atoms with Crippen LogP contribution in [0.25, 0.3) is 67.7 Å². The summed E-state index contributed by atoms with van der Waals surface area (Å²) in [7, 11) is 0. The first-order chi connectivity index (χ1) is 26.1. The Balaban J connectivity index is 1.01. The molecule has 4 fully saturated rings. The Kier molecular flexibility index (Phi) is 8.05. The largest absolute Gasteiger partial charge is 0.252 e. The third kappa shape index (κ3) is 6.27. The second-order valence-corrected chi connectivity index (χ2v) is 15.7. The average Bonchev–Trinajstić information content (AvgIpc) is 3.46. The van der Waals surface area contributed by atoms with Crippen molar-refractivity contribution in [2.75, 3.05) is 0 Å². The van der Waals surface area contributed by atoms with Gasteiger partial charge < -0.3 is 0 Å². The van der Waals surface area contributed by atoms with Gasteiger partial charge in [-0.1, -0.05) is 146 Å². The fraction of sp³-hybridized carbons (Fsp3) is 0.224. The quantitative estimate of drug-likeness (QED) is 0.167. The van der Waals surface area contributed by atoms with E-state index in [0.717, 1.165) is 56.8 Å². The number of rotatable bonds is 7. The third-order valence-electron chi connectivity index (χ3n) is 12.2. The summed E-state index contributed by atoms with van der Waals surface area (Å²) in [4.78, 5) is 20.4. The van der Waals surface area contributed by atoms with Crippen LogP contribution in [-0.4, -0.2) is 19.9 Å². The molecular formula is C49H42N4. The maximum atomic E-state index is 5.56. The molecule has 0 aliphatic heterocycles. The van der Waals surface area contributed by atoms with Gasteiger partial charge in [0, 0.05) is 33.4 Å². The summed E-state index contributed by atoms with van der Waals surface area (Å²) < 4.78 is 0. The van der Waals surface area contributed by atoms with E-state index in [1.807, 2.05) is 60.7 Å². The minimum atomic E-state index is 0.211. The molecule has 0 saturated heterocycles. The van der Waals surface area contributed by atoms with Crippen LogP contribution < -0.4 is 0 Å². The minimum absolute atomic E-state index is 0.211. The molecule has 4 heteroatoms. The van der Waals surface area contributed by atoms with Crippen molar-refractivity contribution >= 4 is 0 Å². The third-order valence-corrected chi connectivity index (χ3v) is 12.2. The highest BCUT2D eigenvalue weighted by Gasteiger charge is 2.50. The molecule has 0 radical (unpaired) electrons. The van der Waals surface area contributed by atoms with Crippen molar-refractivity contribution in [3.05, 3.63) is 157 Å². The van der Waals surface area contributed by atoms with Gasteiger partial charge in [0.15, 0.2) is 17.5 Å². The second-order valence-electron chi connectivity index (χ2n) is 15.7. The highest BCUT2D eigenvalue weighted by molar-refractivity contribution is 5.76. The first kappa shape index (κ1) is 32.0. The molecule has 2 unspecified atom stereocenters. The van der Waals surface area contributed by atoms with E-state index >= 15 is 0 Å². The predicted molar refractivity (Wildman–Crippen MR) is 215 cm³/mol. The minimum Gasteiger partial charge on any atom is -0.252 e. The second kappa shape index (κ2) is 13.3. The van der Waals surface area contributed by atoms with E-state index in [1.165, 1.54) is 61.8 Å². The maximum Gasteiger partial charge on any atom is 0.164 e. The van der Waals surface area contributed by atoms with Gasteiger partial charge in [0.25, 0.3) is 0 Å². The molecule has 11 rings (SSSR count). The summed E-state index contributed by atoms with van der Waals surface area (Å²) in [6.45, 7) is 0. The zero-order valence-corrected chi connectivity index (χ0v) is 29.9. The molecule has 4 nitrogen and oxygen atoms in total. The molecule has 0 amide bonds. The van der Waals surface area contributed by atoms with Gasteiger partial charge in [0.05, 0.1) is 5.69 Å². The van der Waals surface area contributed by atoms with Crippen LogP contribution in [0.15, 0.2) is 152 Å². The van der Waals surface area contributed by atoms with Crippen LogP contribution in [0.4, 0.5) is 0 Å². The lowest BCUT2D eigenvalue weighted by Crippen LogP contribution is -2.41. The van der Waals surface area contributed by atoms with Gasteiger partial charge in [-0.3, -0.25) is 4.98 Å². The maximum absolute atomic E-state index is 5.56. The lowest BCUT2D eigenvalue weighted by atomic mass is 9.57. The highest BCUT2D eigenvalue weighted by Crippen LogP contribution is 2.58. The van der Waals surface area contributed by atoms with E-state index < -0.39 is 0 Å². The van der Waals surface area contributed by atoms with Crippen molar-refractivity contribution in [3.8, 4) is 67.7 Å². The van der Waals surface area contributed by atoms with Crippen molar-refractivity contribution in [2.45, 2.75) is 50.4 Å². The SMILES string of the molecule is c1ccc(-c2cc(-c3ccc(-c4cccc(-c5nc(-c6ccccc6)nc(-c6ccccc6)n5)c4)cc3)nc(C34CC5CCC(CC(C5)C3)C4)c2)cc1. The number of fused-ring (bicyclic) bond motifs is 1. The summed E-state index contributed by atoms with van der Waals surface area (Å²) in [6.07, 6.45) is 9.60. The van der Waals surface area contributed by atoms with E-state index in [0.29, 0.717) is 17.5 Å². The number of hydrogen-bond acceptors (Lipinski definition) is 4. The molecular weight excluding hydrogens is 645 g/mol. The molecule has 258 valence electrons. The van der Waals surface area contributed by atoms with E-state index in [4.69, 9.17) is 19.9 Å². The molecule has 7 aromatic rings. The molecule has 2 heterocycles. The van der Waals surface area contributed by atoms with Gasteiger partial charge in [0.2, 0.25) is 0 Å². The fourth-order valence-electron chi connectivity index (χ4n) is 9.86. The molecule has 53 heavy (non-hydrogen) atoms. The standard InChI is InChI=1S/C49H42N4/c1-4-11-36(12-5-1)43-28-44(50-45(29-43)49-30-33-19-20-34(31-49)26-35(25-33)32-49)38-23-21-37(22-24-38)41-17-10-18-42(27-41)48-52-46(39-13-6-2-7-14-39)51-47(53-48)40-15-8-3-9-16-40/h1-18,21-24,27-29,33-35H,19-20,25-26,30-32H2. The Morgan fingerprint density at radius 3 is 1.43 bits per heavy atom. The normalized spacial score (nSPS) is 21.7. The lowest BCUT2D eigenvalue weighted by molar-refractivity contribution is 0.0953. The fourth-order valence-corrected chi connectivity index (χ4v) is 9.86. The molecule has 5 aromatic carbocycles. The van der Waals surface area contributed by atoms with Crippen LogP contribution in [0.5, 0.6) is 0 Å². The molecule has 4 aliphatic carbocycles. The summed E-state index contributed by atoms with van der Waals surface area (Å²) in [5, 5.41) is 0. The van der Waals surface area contributed by atoms with Crippen LogP contribution in [0.2, 0.25) is 0 Å². The number of aromatic nitrogens is 4. The monoisotopic (exact) mass is 686 g/mol. The van der Waals surface area contributed by atoms with Crippen molar-refractivity contribution in [1.82, 2.24) is 19.9 Å². The van der Waals surface area contributed by atoms with Gasteiger partial charge in [0.1, 0.15) is 0 Å². The van der Waals surface area contributed by atoms with Gasteiger partial charge in [-0.05, 0) is 90.3 Å². The number of hydrogen-bond donors (Lipinski definition) is 0. The summed E-state index contributed by atoms with van der Waals surface area (Å²) in [5.41, 5.74) is 11.5. The van der Waals surface area contributed by atoms with Crippen molar-refractivity contribution < 1.29 is 0 Å². The van der Waals surface area contributed by atoms with E-state index in [9.17, 15) is 0 Å². The molecule has 0 N–H and O–H groups in total. The van der Waals surface area contributed by atoms with Crippen LogP contribution in [0, 0.1) is 17.8 Å². The molecule has 4 aliphatic rings. The molecule has 2 atom stereocenters. The first-order valence-corrected chi connectivity index (χ1v) is 19.3. The molecule has 2 aromatic heterocycles. The lowest BCUT2D eigenvalue weighted by Gasteiger charge is -2.48. The molecule has 4 bridgehead atoms. The Labute approximate surface area is 312 Å². The number of nitrogens with zero attached hydrogens (tertiary/aromatic N) is 4. The number of benzene rings is 5. The van der Waals surface area contributed by atoms with Crippen LogP contribution in [-0.2, 0) is 5.41 Å². The van der Waals surface area contributed by atoms with Crippen molar-refractivity contribution in [1.29, 1.82) is 0 Å². The topological polar surface area (TPSA) is 51.6 Å². The van der Waals surface area contributed by atoms with Gasteiger partial charge in [-0.2, -0.15) is 0 Å². The van der Waals surface area contributed by atoms with Gasteiger partial charge >= 0.3 is 0 Å². The summed E-state index contributed by atoms with van der Waals surface area (Å²) >= 11 is 0. The van der Waals surface area contributed by atoms with Crippen LogP contribution in [0.3, 0.4) is 0 Å². The van der Waals surface area contributed by atoms with Crippen LogP contribution >= 0.6 is 0 Å². The summed E-state index contributed by atoms with van der Waals surface area (Å²) in [5.74, 6) is 4.56. The highest BCUT2D eigenvalue weighted by atomic mass is 15.0. The Hall–Kier alpha value is -5.74. The summed E-state index contributed by atoms with van der Waals surface area (Å²) in [6, 6.07) is 53.4. The van der Waals surface area contributed by atoms with Crippen molar-refractivity contribution in [3.63, 3.8) is 0 Å². The van der Waals surface area contributed by atoms with Crippen molar-refractivity contribution in [2.24, 2.45) is 17.8 Å². The van der Waals surface area contributed by atoms with Gasteiger partial charge in [-0.15, -0.1) is 0 Å². The Bertz CT molecular complexity index is 2310. The van der Waals surface area contributed by atoms with E-state index in [-0.39, 0.29) is 5.41 Å².